The van der Waals surface area contributed by atoms with Gasteiger partial charge in [0.2, 0.25) is 5.95 Å². The van der Waals surface area contributed by atoms with Crippen LogP contribution in [0.4, 0.5) is 10.2 Å². The highest BCUT2D eigenvalue weighted by Gasteiger charge is 2.14. The molecule has 0 saturated carbocycles. The lowest BCUT2D eigenvalue weighted by molar-refractivity contribution is 0.171. The molecule has 20 heavy (non-hydrogen) atoms. The molecule has 1 aromatic heterocycles. The van der Waals surface area contributed by atoms with E-state index in [9.17, 15) is 4.39 Å². The Balaban J connectivity index is 1.78. The minimum Gasteiger partial charge on any atom is -0.486 e. The molecule has 0 aliphatic carbocycles. The Hall–Kier alpha value is -2.30. The Kier molecular flexibility index (Phi) is 3.41. The van der Waals surface area contributed by atoms with Crippen LogP contribution >= 0.6 is 0 Å². The molecule has 2 heterocycles. The molecule has 0 radical (unpaired) electrons. The summed E-state index contributed by atoms with van der Waals surface area (Å²) in [5.74, 6) is 1.52. The van der Waals surface area contributed by atoms with Crippen LogP contribution in [0.3, 0.4) is 0 Å². The number of benzene rings is 1. The molecule has 0 saturated heterocycles. The summed E-state index contributed by atoms with van der Waals surface area (Å²) in [6, 6.07) is 10.5. The zero-order valence-electron chi connectivity index (χ0n) is 11.1. The largest absolute Gasteiger partial charge is 0.486 e. The number of nitrogens with one attached hydrogen (secondary N) is 1. The quantitative estimate of drug-likeness (QED) is 0.873. The van der Waals surface area contributed by atoms with Crippen LogP contribution in [0.25, 0.3) is 0 Å². The summed E-state index contributed by atoms with van der Waals surface area (Å²) in [6.07, 6.45) is 0. The molecule has 3 rings (SSSR count). The smallest absolute Gasteiger partial charge is 0.214 e. The fourth-order valence-corrected chi connectivity index (χ4v) is 2.12. The van der Waals surface area contributed by atoms with E-state index in [4.69, 9.17) is 9.47 Å². The molecule has 4 nitrogen and oxygen atoms in total. The number of hydrogen-bond donors (Lipinski definition) is 1. The molecule has 0 fully saturated rings. The number of hydrogen-bond acceptors (Lipinski definition) is 4. The Morgan fingerprint density at radius 2 is 1.95 bits per heavy atom. The van der Waals surface area contributed by atoms with Crippen LogP contribution in [-0.4, -0.2) is 18.2 Å². The van der Waals surface area contributed by atoms with E-state index in [1.807, 2.05) is 25.1 Å². The normalized spacial score (nSPS) is 14.7. The lowest BCUT2D eigenvalue weighted by Gasteiger charge is -2.21. The number of ether oxygens (including phenoxy) is 2. The molecule has 0 spiro atoms. The van der Waals surface area contributed by atoms with Gasteiger partial charge in [0.15, 0.2) is 11.5 Å². The van der Waals surface area contributed by atoms with Crippen molar-refractivity contribution in [2.75, 3.05) is 18.5 Å². The number of rotatable bonds is 3. The van der Waals surface area contributed by atoms with Crippen LogP contribution in [0, 0.1) is 5.95 Å². The first-order valence-electron chi connectivity index (χ1n) is 6.51. The molecule has 1 atom stereocenters. The van der Waals surface area contributed by atoms with Crippen molar-refractivity contribution >= 4 is 5.82 Å². The monoisotopic (exact) mass is 274 g/mol. The van der Waals surface area contributed by atoms with Crippen molar-refractivity contribution in [2.24, 2.45) is 0 Å². The first-order valence-corrected chi connectivity index (χ1v) is 6.51. The minimum absolute atomic E-state index is 0.0138. The average Bonchev–Trinajstić information content (AvgIpc) is 2.47. The van der Waals surface area contributed by atoms with Gasteiger partial charge in [-0.3, -0.25) is 0 Å². The van der Waals surface area contributed by atoms with Crippen LogP contribution < -0.4 is 14.8 Å². The Morgan fingerprint density at radius 1 is 1.15 bits per heavy atom. The maximum absolute atomic E-state index is 13.1. The van der Waals surface area contributed by atoms with E-state index >= 15 is 0 Å². The summed E-state index contributed by atoms with van der Waals surface area (Å²) < 4.78 is 24.1. The summed E-state index contributed by atoms with van der Waals surface area (Å²) in [5.41, 5.74) is 1.03. The van der Waals surface area contributed by atoms with E-state index in [0.717, 1.165) is 17.1 Å². The van der Waals surface area contributed by atoms with Gasteiger partial charge in [0.05, 0.1) is 6.04 Å². The second-order valence-electron chi connectivity index (χ2n) is 4.61. The molecule has 1 aliphatic rings. The molecule has 1 unspecified atom stereocenters. The number of aromatic nitrogens is 1. The van der Waals surface area contributed by atoms with Gasteiger partial charge >= 0.3 is 0 Å². The topological polar surface area (TPSA) is 43.4 Å². The van der Waals surface area contributed by atoms with Crippen molar-refractivity contribution in [1.82, 2.24) is 4.98 Å². The van der Waals surface area contributed by atoms with E-state index in [-0.39, 0.29) is 6.04 Å². The van der Waals surface area contributed by atoms with E-state index < -0.39 is 5.95 Å². The third-order valence-electron chi connectivity index (χ3n) is 3.15. The van der Waals surface area contributed by atoms with Gasteiger partial charge in [-0.2, -0.15) is 4.39 Å². The molecule has 2 aromatic rings. The Morgan fingerprint density at radius 3 is 2.75 bits per heavy atom. The molecular weight excluding hydrogens is 259 g/mol. The van der Waals surface area contributed by atoms with Gasteiger partial charge in [-0.05, 0) is 36.8 Å². The molecule has 104 valence electrons. The van der Waals surface area contributed by atoms with Gasteiger partial charge in [0.25, 0.3) is 0 Å². The number of pyridine rings is 1. The van der Waals surface area contributed by atoms with Crippen LogP contribution in [0.5, 0.6) is 11.5 Å². The van der Waals surface area contributed by atoms with E-state index in [0.29, 0.717) is 19.0 Å². The molecule has 1 N–H and O–H groups in total. The van der Waals surface area contributed by atoms with Crippen molar-refractivity contribution in [1.29, 1.82) is 0 Å². The predicted molar refractivity (Wildman–Crippen MR) is 73.7 cm³/mol. The van der Waals surface area contributed by atoms with Crippen LogP contribution in [0.2, 0.25) is 0 Å². The summed E-state index contributed by atoms with van der Waals surface area (Å²) in [7, 11) is 0. The molecular formula is C15H15FN2O2. The van der Waals surface area contributed by atoms with Gasteiger partial charge in [-0.1, -0.05) is 12.1 Å². The highest BCUT2D eigenvalue weighted by Crippen LogP contribution is 2.33. The van der Waals surface area contributed by atoms with Crippen molar-refractivity contribution in [3.8, 4) is 11.5 Å². The van der Waals surface area contributed by atoms with Crippen LogP contribution in [-0.2, 0) is 0 Å². The lowest BCUT2D eigenvalue weighted by Crippen LogP contribution is -2.16. The predicted octanol–water partition coefficient (Wildman–Crippen LogP) is 3.17. The summed E-state index contributed by atoms with van der Waals surface area (Å²) in [5, 5.41) is 3.16. The average molecular weight is 274 g/mol. The fraction of sp³-hybridized carbons (Fsp3) is 0.267. The number of nitrogens with zero attached hydrogens (tertiary/aromatic N) is 1. The van der Waals surface area contributed by atoms with Gasteiger partial charge in [-0.25, -0.2) is 4.98 Å². The first-order chi connectivity index (χ1) is 9.72. The molecule has 1 aliphatic heterocycles. The van der Waals surface area contributed by atoms with Crippen molar-refractivity contribution in [2.45, 2.75) is 13.0 Å². The van der Waals surface area contributed by atoms with Crippen LogP contribution in [0.15, 0.2) is 36.4 Å². The van der Waals surface area contributed by atoms with Crippen LogP contribution in [0.1, 0.15) is 18.5 Å². The Bertz CT molecular complexity index is 619. The third-order valence-corrected chi connectivity index (χ3v) is 3.15. The zero-order valence-corrected chi connectivity index (χ0v) is 11.1. The zero-order chi connectivity index (χ0) is 13.9. The molecule has 1 aromatic carbocycles. The van der Waals surface area contributed by atoms with Crippen molar-refractivity contribution in [3.63, 3.8) is 0 Å². The number of anilines is 1. The van der Waals surface area contributed by atoms with Gasteiger partial charge in [0, 0.05) is 0 Å². The van der Waals surface area contributed by atoms with Gasteiger partial charge < -0.3 is 14.8 Å². The number of fused-ring (bicyclic) bond motifs is 1. The summed E-state index contributed by atoms with van der Waals surface area (Å²) in [4.78, 5) is 3.79. The lowest BCUT2D eigenvalue weighted by atomic mass is 10.1. The number of halogens is 1. The molecule has 0 bridgehead atoms. The van der Waals surface area contributed by atoms with E-state index in [2.05, 4.69) is 10.3 Å². The third kappa shape index (κ3) is 2.66. The molecule has 5 heteroatoms. The molecule has 0 amide bonds. The first kappa shape index (κ1) is 12.7. The van der Waals surface area contributed by atoms with Crippen molar-refractivity contribution in [3.05, 3.63) is 47.9 Å². The fourth-order valence-electron chi connectivity index (χ4n) is 2.12. The van der Waals surface area contributed by atoms with E-state index in [1.54, 1.807) is 12.1 Å². The highest BCUT2D eigenvalue weighted by atomic mass is 19.1. The second-order valence-corrected chi connectivity index (χ2v) is 4.61. The van der Waals surface area contributed by atoms with Crippen molar-refractivity contribution < 1.29 is 13.9 Å². The van der Waals surface area contributed by atoms with Gasteiger partial charge in [-0.15, -0.1) is 0 Å². The SMILES string of the molecule is CC(Nc1cccc(F)n1)c1ccc2c(c1)OCCO2. The van der Waals surface area contributed by atoms with Gasteiger partial charge in [0.1, 0.15) is 19.0 Å². The second kappa shape index (κ2) is 5.36. The minimum atomic E-state index is -0.496. The summed E-state index contributed by atoms with van der Waals surface area (Å²) in [6.45, 7) is 3.12. The van der Waals surface area contributed by atoms with E-state index in [1.165, 1.54) is 6.07 Å². The summed E-state index contributed by atoms with van der Waals surface area (Å²) >= 11 is 0. The standard InChI is InChI=1S/C15H15FN2O2/c1-10(17-15-4-2-3-14(16)18-15)11-5-6-12-13(9-11)20-8-7-19-12/h2-6,9-10H,7-8H2,1H3,(H,17,18). The highest BCUT2D eigenvalue weighted by molar-refractivity contribution is 5.46. The maximum atomic E-state index is 13.1. The maximum Gasteiger partial charge on any atom is 0.214 e. The Labute approximate surface area is 116 Å².